The summed E-state index contributed by atoms with van der Waals surface area (Å²) in [7, 11) is 0. The van der Waals surface area contributed by atoms with Gasteiger partial charge < -0.3 is 11.5 Å². The van der Waals surface area contributed by atoms with Crippen molar-refractivity contribution in [3.63, 3.8) is 0 Å². The fraction of sp³-hybridized carbons (Fsp3) is 0.200. The monoisotopic (exact) mass is 153 g/mol. The van der Waals surface area contributed by atoms with Gasteiger partial charge >= 0.3 is 0 Å². The highest BCUT2D eigenvalue weighted by atomic mass is 16.3. The van der Waals surface area contributed by atoms with E-state index in [4.69, 9.17) is 11.5 Å². The first kappa shape index (κ1) is 7.39. The summed E-state index contributed by atoms with van der Waals surface area (Å²) in [5.74, 6) is 0.461. The summed E-state index contributed by atoms with van der Waals surface area (Å²) < 4.78 is 0. The minimum absolute atomic E-state index is 0.0185. The number of nitrogen functional groups attached to an aromatic ring is 2. The molecule has 0 amide bonds. The van der Waals surface area contributed by atoms with E-state index in [0.29, 0.717) is 5.82 Å². The van der Waals surface area contributed by atoms with Gasteiger partial charge in [0, 0.05) is 0 Å². The lowest BCUT2D eigenvalue weighted by molar-refractivity contribution is 1.07. The van der Waals surface area contributed by atoms with Gasteiger partial charge in [-0.3, -0.25) is 0 Å². The molecule has 0 aromatic carbocycles. The minimum Gasteiger partial charge on any atom is -0.382 e. The number of anilines is 2. The van der Waals surface area contributed by atoms with Crippen LogP contribution in [0.4, 0.5) is 17.3 Å². The van der Waals surface area contributed by atoms with Gasteiger partial charge in [0.25, 0.3) is 0 Å². The normalized spacial score (nSPS) is 9.55. The van der Waals surface area contributed by atoms with Gasteiger partial charge in [0.1, 0.15) is 5.82 Å². The Labute approximate surface area is 62.6 Å². The summed E-state index contributed by atoms with van der Waals surface area (Å²) in [5.41, 5.74) is 10.5. The van der Waals surface area contributed by atoms with Crippen LogP contribution in [0.25, 0.3) is 0 Å². The molecule has 0 atom stereocenters. The van der Waals surface area contributed by atoms with Gasteiger partial charge in [-0.25, -0.2) is 9.97 Å². The number of nitroso groups, excluding NO2 is 1. The SMILES string of the molecule is Cc1nc(N)c(N=O)c(N)n1. The van der Waals surface area contributed by atoms with E-state index in [9.17, 15) is 4.91 Å². The molecule has 0 unspecified atom stereocenters. The molecule has 58 valence electrons. The van der Waals surface area contributed by atoms with Gasteiger partial charge in [0.15, 0.2) is 17.3 Å². The van der Waals surface area contributed by atoms with Crippen LogP contribution in [0.2, 0.25) is 0 Å². The van der Waals surface area contributed by atoms with E-state index >= 15 is 0 Å². The van der Waals surface area contributed by atoms with Crippen molar-refractivity contribution in [3.8, 4) is 0 Å². The summed E-state index contributed by atoms with van der Waals surface area (Å²) in [6.45, 7) is 1.63. The van der Waals surface area contributed by atoms with Crippen molar-refractivity contribution in [1.29, 1.82) is 0 Å². The third-order valence-corrected chi connectivity index (χ3v) is 1.14. The highest BCUT2D eigenvalue weighted by Crippen LogP contribution is 2.24. The molecule has 0 radical (unpaired) electrons. The number of rotatable bonds is 1. The lowest BCUT2D eigenvalue weighted by Gasteiger charge is -1.99. The highest BCUT2D eigenvalue weighted by molar-refractivity contribution is 5.69. The Morgan fingerprint density at radius 1 is 1.27 bits per heavy atom. The molecule has 4 N–H and O–H groups in total. The molecule has 11 heavy (non-hydrogen) atoms. The zero-order chi connectivity index (χ0) is 8.43. The molecular formula is C5H7N5O. The standard InChI is InChI=1S/C5H7N5O/c1-2-8-4(6)3(10-11)5(7)9-2/h1H3,(H4,6,7,8,9). The predicted molar refractivity (Wildman–Crippen MR) is 41.0 cm³/mol. The zero-order valence-electron chi connectivity index (χ0n) is 5.90. The minimum atomic E-state index is -0.0874. The lowest BCUT2D eigenvalue weighted by atomic mass is 10.4. The molecular weight excluding hydrogens is 146 g/mol. The Morgan fingerprint density at radius 3 is 2.09 bits per heavy atom. The molecule has 6 nitrogen and oxygen atoms in total. The van der Waals surface area contributed by atoms with E-state index < -0.39 is 0 Å². The molecule has 1 aromatic rings. The number of aromatic nitrogens is 2. The maximum Gasteiger partial charge on any atom is 0.192 e. The number of hydrogen-bond acceptors (Lipinski definition) is 6. The van der Waals surface area contributed by atoms with Gasteiger partial charge in [-0.1, -0.05) is 0 Å². The third kappa shape index (κ3) is 1.23. The van der Waals surface area contributed by atoms with Crippen molar-refractivity contribution in [1.82, 2.24) is 9.97 Å². The third-order valence-electron chi connectivity index (χ3n) is 1.14. The van der Waals surface area contributed by atoms with Gasteiger partial charge in [-0.15, -0.1) is 4.91 Å². The molecule has 0 aliphatic rings. The van der Waals surface area contributed by atoms with Crippen molar-refractivity contribution in [2.45, 2.75) is 6.92 Å². The average molecular weight is 153 g/mol. The van der Waals surface area contributed by atoms with Gasteiger partial charge in [-0.05, 0) is 12.1 Å². The summed E-state index contributed by atoms with van der Waals surface area (Å²) in [6.07, 6.45) is 0. The van der Waals surface area contributed by atoms with Gasteiger partial charge in [0.2, 0.25) is 0 Å². The topological polar surface area (TPSA) is 107 Å². The molecule has 0 bridgehead atoms. The van der Waals surface area contributed by atoms with Gasteiger partial charge in [-0.2, -0.15) is 0 Å². The quantitative estimate of drug-likeness (QED) is 0.566. The lowest BCUT2D eigenvalue weighted by Crippen LogP contribution is -2.00. The Hall–Kier alpha value is -1.72. The van der Waals surface area contributed by atoms with Crippen molar-refractivity contribution < 1.29 is 0 Å². The molecule has 0 aliphatic carbocycles. The summed E-state index contributed by atoms with van der Waals surface area (Å²) >= 11 is 0. The van der Waals surface area contributed by atoms with Crippen LogP contribution in [0.5, 0.6) is 0 Å². The van der Waals surface area contributed by atoms with Crippen LogP contribution in [0.1, 0.15) is 5.82 Å². The Balaban J connectivity index is 3.36. The highest BCUT2D eigenvalue weighted by Gasteiger charge is 2.07. The van der Waals surface area contributed by atoms with Crippen LogP contribution in [-0.2, 0) is 0 Å². The number of hydrogen-bond donors (Lipinski definition) is 2. The van der Waals surface area contributed by atoms with Crippen molar-refractivity contribution in [2.75, 3.05) is 11.5 Å². The summed E-state index contributed by atoms with van der Waals surface area (Å²) in [5, 5.41) is 2.59. The van der Waals surface area contributed by atoms with Crippen molar-refractivity contribution in [3.05, 3.63) is 10.7 Å². The molecule has 0 fully saturated rings. The first-order valence-corrected chi connectivity index (χ1v) is 2.88. The second kappa shape index (κ2) is 2.49. The average Bonchev–Trinajstić information content (AvgIpc) is 1.85. The number of nitrogens with two attached hydrogens (primary N) is 2. The van der Waals surface area contributed by atoms with Gasteiger partial charge in [0.05, 0.1) is 0 Å². The maximum absolute atomic E-state index is 10.1. The van der Waals surface area contributed by atoms with Crippen LogP contribution in [0.15, 0.2) is 5.18 Å². The fourth-order valence-corrected chi connectivity index (χ4v) is 0.704. The molecule has 0 saturated heterocycles. The molecule has 1 aromatic heterocycles. The molecule has 0 spiro atoms. The number of aryl methyl sites for hydroxylation is 1. The second-order valence-corrected chi connectivity index (χ2v) is 1.98. The smallest absolute Gasteiger partial charge is 0.192 e. The van der Waals surface area contributed by atoms with Crippen LogP contribution in [0, 0.1) is 11.8 Å². The van der Waals surface area contributed by atoms with E-state index in [-0.39, 0.29) is 17.3 Å². The van der Waals surface area contributed by atoms with Crippen molar-refractivity contribution >= 4 is 17.3 Å². The van der Waals surface area contributed by atoms with E-state index in [0.717, 1.165) is 0 Å². The number of nitrogens with zero attached hydrogens (tertiary/aromatic N) is 3. The first-order valence-electron chi connectivity index (χ1n) is 2.88. The van der Waals surface area contributed by atoms with Crippen LogP contribution >= 0.6 is 0 Å². The Bertz CT molecular complexity index is 274. The summed E-state index contributed by atoms with van der Waals surface area (Å²) in [6, 6.07) is 0. The fourth-order valence-electron chi connectivity index (χ4n) is 0.704. The molecule has 0 saturated carbocycles. The van der Waals surface area contributed by atoms with Crippen molar-refractivity contribution in [2.24, 2.45) is 5.18 Å². The van der Waals surface area contributed by atoms with E-state index in [2.05, 4.69) is 15.1 Å². The molecule has 1 heterocycles. The van der Waals surface area contributed by atoms with E-state index in [1.165, 1.54) is 0 Å². The predicted octanol–water partition coefficient (Wildman–Crippen LogP) is 0.347. The molecule has 0 aliphatic heterocycles. The maximum atomic E-state index is 10.1. The Morgan fingerprint density at radius 2 is 1.73 bits per heavy atom. The largest absolute Gasteiger partial charge is 0.382 e. The van der Waals surface area contributed by atoms with Crippen LogP contribution < -0.4 is 11.5 Å². The first-order chi connectivity index (χ1) is 5.15. The summed E-state index contributed by atoms with van der Waals surface area (Å²) in [4.78, 5) is 17.5. The second-order valence-electron chi connectivity index (χ2n) is 1.98. The van der Waals surface area contributed by atoms with E-state index in [1.54, 1.807) is 6.92 Å². The Kier molecular flexibility index (Phi) is 1.67. The zero-order valence-corrected chi connectivity index (χ0v) is 5.90. The van der Waals surface area contributed by atoms with Crippen LogP contribution in [0.3, 0.4) is 0 Å². The van der Waals surface area contributed by atoms with E-state index in [1.807, 2.05) is 0 Å². The molecule has 1 rings (SSSR count). The molecule has 6 heteroatoms. The van der Waals surface area contributed by atoms with Crippen LogP contribution in [-0.4, -0.2) is 9.97 Å².